The van der Waals surface area contributed by atoms with E-state index in [0.717, 1.165) is 51.8 Å². The molecule has 160 valence electrons. The maximum absolute atomic E-state index is 12.1. The highest BCUT2D eigenvalue weighted by atomic mass is 35.5. The highest BCUT2D eigenvalue weighted by molar-refractivity contribution is 7.98. The van der Waals surface area contributed by atoms with Gasteiger partial charge >= 0.3 is 5.63 Å². The van der Waals surface area contributed by atoms with E-state index >= 15 is 0 Å². The van der Waals surface area contributed by atoms with Crippen molar-refractivity contribution in [3.8, 4) is 10.7 Å². The summed E-state index contributed by atoms with van der Waals surface area (Å²) in [6.45, 7) is 3.41. The summed E-state index contributed by atoms with van der Waals surface area (Å²) < 4.78 is 13.4. The third kappa shape index (κ3) is 4.30. The molecular weight excluding hydrogens is 454 g/mol. The zero-order chi connectivity index (χ0) is 21.4. The minimum atomic E-state index is -0.370. The van der Waals surface area contributed by atoms with Gasteiger partial charge in [-0.3, -0.25) is 4.57 Å². The van der Waals surface area contributed by atoms with Gasteiger partial charge in [-0.05, 0) is 54.5 Å². The van der Waals surface area contributed by atoms with Crippen molar-refractivity contribution < 1.29 is 9.15 Å². The van der Waals surface area contributed by atoms with Crippen LogP contribution in [0.25, 0.3) is 21.7 Å². The molecule has 0 aliphatic carbocycles. The number of thioether (sulfide) groups is 1. The molecule has 0 amide bonds. The molecule has 1 aromatic carbocycles. The molecule has 0 spiro atoms. The smallest absolute Gasteiger partial charge is 0.336 e. The van der Waals surface area contributed by atoms with Gasteiger partial charge in [0, 0.05) is 28.8 Å². The first-order chi connectivity index (χ1) is 15.1. The fourth-order valence-corrected chi connectivity index (χ4v) is 5.57. The van der Waals surface area contributed by atoms with E-state index in [1.165, 1.54) is 6.07 Å². The van der Waals surface area contributed by atoms with Crippen LogP contribution in [0.15, 0.2) is 50.1 Å². The predicted molar refractivity (Wildman–Crippen MR) is 124 cm³/mol. The van der Waals surface area contributed by atoms with Crippen molar-refractivity contribution in [3.63, 3.8) is 0 Å². The monoisotopic (exact) mass is 473 g/mol. The van der Waals surface area contributed by atoms with Gasteiger partial charge in [-0.2, -0.15) is 0 Å². The van der Waals surface area contributed by atoms with Gasteiger partial charge in [0.15, 0.2) is 11.0 Å². The second-order valence-corrected chi connectivity index (χ2v) is 9.80. The van der Waals surface area contributed by atoms with E-state index in [2.05, 4.69) is 20.8 Å². The molecule has 31 heavy (non-hydrogen) atoms. The van der Waals surface area contributed by atoms with Gasteiger partial charge in [-0.25, -0.2) is 4.79 Å². The summed E-state index contributed by atoms with van der Waals surface area (Å²) >= 11 is 9.52. The number of aryl methyl sites for hydroxylation is 1. The number of hydrogen-bond acceptors (Lipinski definition) is 7. The molecule has 4 aromatic rings. The third-order valence-corrected chi connectivity index (χ3v) is 7.62. The van der Waals surface area contributed by atoms with Crippen LogP contribution in [0.3, 0.4) is 0 Å². The van der Waals surface area contributed by atoms with Gasteiger partial charge in [0.25, 0.3) is 0 Å². The number of benzene rings is 1. The molecule has 6 nitrogen and oxygen atoms in total. The summed E-state index contributed by atoms with van der Waals surface area (Å²) in [6, 6.07) is 9.26. The average Bonchev–Trinajstić information content (AvgIpc) is 3.50. The Morgan fingerprint density at radius 2 is 2.23 bits per heavy atom. The molecule has 1 atom stereocenters. The average molecular weight is 474 g/mol. The molecule has 1 saturated heterocycles. The van der Waals surface area contributed by atoms with Crippen LogP contribution >= 0.6 is 34.7 Å². The maximum atomic E-state index is 12.1. The van der Waals surface area contributed by atoms with E-state index in [-0.39, 0.29) is 11.7 Å². The molecule has 1 fully saturated rings. The Morgan fingerprint density at radius 3 is 3.00 bits per heavy atom. The first-order valence-corrected chi connectivity index (χ1v) is 12.3. The van der Waals surface area contributed by atoms with Gasteiger partial charge in [0.2, 0.25) is 0 Å². The minimum absolute atomic E-state index is 0.167. The lowest BCUT2D eigenvalue weighted by Gasteiger charge is -2.14. The Labute approximate surface area is 192 Å². The van der Waals surface area contributed by atoms with Crippen molar-refractivity contribution >= 4 is 45.7 Å². The van der Waals surface area contributed by atoms with Crippen LogP contribution in [-0.4, -0.2) is 27.5 Å². The summed E-state index contributed by atoms with van der Waals surface area (Å²) in [5.41, 5.74) is 1.91. The molecule has 1 aliphatic heterocycles. The minimum Gasteiger partial charge on any atom is -0.423 e. The summed E-state index contributed by atoms with van der Waals surface area (Å²) in [7, 11) is 0. The first kappa shape index (κ1) is 20.8. The molecule has 0 radical (unpaired) electrons. The van der Waals surface area contributed by atoms with E-state index in [1.807, 2.05) is 30.5 Å². The van der Waals surface area contributed by atoms with Crippen molar-refractivity contribution in [3.05, 3.63) is 62.3 Å². The summed E-state index contributed by atoms with van der Waals surface area (Å²) in [4.78, 5) is 13.2. The lowest BCUT2D eigenvalue weighted by Crippen LogP contribution is -2.16. The van der Waals surface area contributed by atoms with Crippen LogP contribution in [-0.2, 0) is 17.0 Å². The zero-order valence-electron chi connectivity index (χ0n) is 16.8. The predicted octanol–water partition coefficient (Wildman–Crippen LogP) is 5.55. The Morgan fingerprint density at radius 1 is 1.32 bits per heavy atom. The standard InChI is InChI=1S/C22H20ClN3O3S2/c1-13-8-18-16(10-17(13)23)14(9-20(27)29-18)12-31-22-25-24-21(19-5-3-7-30-19)26(22)11-15-4-2-6-28-15/h3,5,7-10,15H,2,4,6,11-12H2,1H3. The highest BCUT2D eigenvalue weighted by Crippen LogP contribution is 2.32. The second kappa shape index (κ2) is 8.78. The topological polar surface area (TPSA) is 70.2 Å². The van der Waals surface area contributed by atoms with E-state index in [1.54, 1.807) is 23.1 Å². The lowest BCUT2D eigenvalue weighted by molar-refractivity contribution is 0.0953. The molecule has 3 aromatic heterocycles. The Balaban J connectivity index is 1.48. The van der Waals surface area contributed by atoms with Gasteiger partial charge in [-0.15, -0.1) is 21.5 Å². The number of fused-ring (bicyclic) bond motifs is 1. The molecular formula is C22H20ClN3O3S2. The van der Waals surface area contributed by atoms with Crippen LogP contribution < -0.4 is 5.63 Å². The Hall–Kier alpha value is -2.13. The van der Waals surface area contributed by atoms with Crippen LogP contribution in [0.1, 0.15) is 24.0 Å². The zero-order valence-corrected chi connectivity index (χ0v) is 19.2. The molecule has 1 unspecified atom stereocenters. The van der Waals surface area contributed by atoms with E-state index < -0.39 is 0 Å². The number of ether oxygens (including phenoxy) is 1. The van der Waals surface area contributed by atoms with Crippen molar-refractivity contribution in [1.29, 1.82) is 0 Å². The third-order valence-electron chi connectivity index (χ3n) is 5.33. The van der Waals surface area contributed by atoms with Crippen molar-refractivity contribution in [2.24, 2.45) is 0 Å². The van der Waals surface area contributed by atoms with Crippen LogP contribution in [0.4, 0.5) is 0 Å². The molecule has 0 bridgehead atoms. The van der Waals surface area contributed by atoms with Gasteiger partial charge < -0.3 is 9.15 Å². The number of halogens is 1. The highest BCUT2D eigenvalue weighted by Gasteiger charge is 2.22. The Bertz CT molecular complexity index is 1280. The normalized spacial score (nSPS) is 16.4. The van der Waals surface area contributed by atoms with E-state index in [9.17, 15) is 4.79 Å². The van der Waals surface area contributed by atoms with Crippen LogP contribution in [0.2, 0.25) is 5.02 Å². The van der Waals surface area contributed by atoms with Crippen molar-refractivity contribution in [2.75, 3.05) is 6.61 Å². The molecule has 9 heteroatoms. The largest absolute Gasteiger partial charge is 0.423 e. The summed E-state index contributed by atoms with van der Waals surface area (Å²) in [6.07, 6.45) is 2.28. The number of thiophene rings is 1. The molecule has 0 saturated carbocycles. The maximum Gasteiger partial charge on any atom is 0.336 e. The van der Waals surface area contributed by atoms with Crippen molar-refractivity contribution in [2.45, 2.75) is 43.3 Å². The lowest BCUT2D eigenvalue weighted by atomic mass is 10.1. The summed E-state index contributed by atoms with van der Waals surface area (Å²) in [5, 5.41) is 13.3. The second-order valence-electron chi connectivity index (χ2n) is 7.51. The first-order valence-electron chi connectivity index (χ1n) is 10.0. The quantitative estimate of drug-likeness (QED) is 0.270. The van der Waals surface area contributed by atoms with Crippen LogP contribution in [0.5, 0.6) is 0 Å². The molecule has 5 rings (SSSR count). The number of hydrogen-bond donors (Lipinski definition) is 0. The number of rotatable bonds is 6. The van der Waals surface area contributed by atoms with E-state index in [4.69, 9.17) is 20.8 Å². The summed E-state index contributed by atoms with van der Waals surface area (Å²) in [5.74, 6) is 1.40. The fourth-order valence-electron chi connectivity index (χ4n) is 3.75. The van der Waals surface area contributed by atoms with Gasteiger partial charge in [0.1, 0.15) is 5.58 Å². The van der Waals surface area contributed by atoms with Crippen LogP contribution in [0, 0.1) is 6.92 Å². The number of nitrogens with zero attached hydrogens (tertiary/aromatic N) is 3. The van der Waals surface area contributed by atoms with E-state index in [0.29, 0.717) is 22.9 Å². The Kier molecular flexibility index (Phi) is 5.88. The van der Waals surface area contributed by atoms with Gasteiger partial charge in [-0.1, -0.05) is 29.4 Å². The van der Waals surface area contributed by atoms with Gasteiger partial charge in [0.05, 0.1) is 17.5 Å². The molecule has 4 heterocycles. The molecule has 1 aliphatic rings. The SMILES string of the molecule is Cc1cc2oc(=O)cc(CSc3nnc(-c4cccs4)n3CC3CCCO3)c2cc1Cl. The molecule has 0 N–H and O–H groups in total. The van der Waals surface area contributed by atoms with Crippen molar-refractivity contribution in [1.82, 2.24) is 14.8 Å². The number of aromatic nitrogens is 3. The fraction of sp³-hybridized carbons (Fsp3) is 0.318.